The van der Waals surface area contributed by atoms with Crippen molar-refractivity contribution in [2.24, 2.45) is 0 Å². The Morgan fingerprint density at radius 3 is 1.15 bits per heavy atom. The maximum absolute atomic E-state index is 6.78. The Bertz CT molecular complexity index is 763. The second-order valence-corrected chi connectivity index (χ2v) is 15.1. The van der Waals surface area contributed by atoms with Crippen LogP contribution in [0.1, 0.15) is 206 Å². The second-order valence-electron chi connectivity index (χ2n) is 15.1. The standard InChI is InChI=1S/C45H81NO2/c1-4-6-8-10-12-14-16-18-20-22-24-26-28-30-32-34-36-38-45(47-43-40-42(46-3)41-44(43)48-45)39-37-35-33-31-29-27-25-23-21-19-17-15-13-11-9-7-5-2/h12-15,18-21,42-44,46H,4-11,16-17,22-41H2,1-3H3/b14-12-,15-13-,20-18-,21-19-/t42?,43-,44+. The Morgan fingerprint density at radius 1 is 0.458 bits per heavy atom. The summed E-state index contributed by atoms with van der Waals surface area (Å²) in [4.78, 5) is 0. The molecular formula is C45H81NO2. The van der Waals surface area contributed by atoms with Crippen LogP contribution in [0.2, 0.25) is 0 Å². The van der Waals surface area contributed by atoms with E-state index in [0.717, 1.165) is 38.5 Å². The number of rotatable bonds is 33. The quantitative estimate of drug-likeness (QED) is 0.0558. The molecule has 1 N–H and O–H groups in total. The van der Waals surface area contributed by atoms with Crippen molar-refractivity contribution < 1.29 is 9.47 Å². The molecule has 2 fully saturated rings. The molecule has 1 saturated carbocycles. The van der Waals surface area contributed by atoms with Crippen molar-refractivity contribution in [2.45, 2.75) is 231 Å². The number of hydrogen-bond acceptors (Lipinski definition) is 3. The molecule has 1 aliphatic heterocycles. The van der Waals surface area contributed by atoms with Gasteiger partial charge in [-0.2, -0.15) is 0 Å². The van der Waals surface area contributed by atoms with Crippen molar-refractivity contribution in [1.82, 2.24) is 5.32 Å². The largest absolute Gasteiger partial charge is 0.344 e. The predicted octanol–water partition coefficient (Wildman–Crippen LogP) is 14.0. The third-order valence-corrected chi connectivity index (χ3v) is 10.6. The van der Waals surface area contributed by atoms with Crippen LogP contribution in [0, 0.1) is 0 Å². The molecule has 0 spiro atoms. The van der Waals surface area contributed by atoms with Gasteiger partial charge in [0.2, 0.25) is 0 Å². The Kier molecular flexibility index (Phi) is 27.5. The van der Waals surface area contributed by atoms with Gasteiger partial charge in [-0.05, 0) is 96.9 Å². The van der Waals surface area contributed by atoms with Gasteiger partial charge in [0, 0.05) is 18.9 Å². The third-order valence-electron chi connectivity index (χ3n) is 10.6. The van der Waals surface area contributed by atoms with Crippen molar-refractivity contribution in [3.8, 4) is 0 Å². The smallest absolute Gasteiger partial charge is 0.169 e. The summed E-state index contributed by atoms with van der Waals surface area (Å²) in [5.41, 5.74) is 0. The third kappa shape index (κ3) is 21.8. The lowest BCUT2D eigenvalue weighted by molar-refractivity contribution is -0.191. The van der Waals surface area contributed by atoms with Gasteiger partial charge in [-0.3, -0.25) is 0 Å². The summed E-state index contributed by atoms with van der Waals surface area (Å²) in [7, 11) is 2.08. The predicted molar refractivity (Wildman–Crippen MR) is 212 cm³/mol. The first-order valence-corrected chi connectivity index (χ1v) is 21.4. The van der Waals surface area contributed by atoms with E-state index in [0.29, 0.717) is 18.2 Å². The zero-order valence-corrected chi connectivity index (χ0v) is 32.4. The molecule has 0 aromatic carbocycles. The number of unbranched alkanes of at least 4 members (excludes halogenated alkanes) is 20. The minimum atomic E-state index is -0.303. The first kappa shape index (κ1) is 43.0. The van der Waals surface area contributed by atoms with Gasteiger partial charge in [-0.1, -0.05) is 152 Å². The SMILES string of the molecule is CCCCC/C=C\C/C=C\CCCCCCCCCC1(CCCCCCCCC/C=C\C/C=C\CCCCC)O[C@H]2CC(NC)C[C@H]2O1. The van der Waals surface area contributed by atoms with Crippen molar-refractivity contribution in [2.75, 3.05) is 7.05 Å². The van der Waals surface area contributed by atoms with Gasteiger partial charge in [0.05, 0.1) is 12.2 Å². The van der Waals surface area contributed by atoms with Crippen LogP contribution in [0.25, 0.3) is 0 Å². The van der Waals surface area contributed by atoms with E-state index in [4.69, 9.17) is 9.47 Å². The van der Waals surface area contributed by atoms with Gasteiger partial charge < -0.3 is 14.8 Å². The molecule has 3 nitrogen and oxygen atoms in total. The lowest BCUT2D eigenvalue weighted by atomic mass is 9.98. The summed E-state index contributed by atoms with van der Waals surface area (Å²) in [6.45, 7) is 4.54. The van der Waals surface area contributed by atoms with Crippen LogP contribution in [-0.2, 0) is 9.47 Å². The summed E-state index contributed by atoms with van der Waals surface area (Å²) >= 11 is 0. The number of nitrogens with one attached hydrogen (secondary N) is 1. The minimum Gasteiger partial charge on any atom is -0.344 e. The van der Waals surface area contributed by atoms with Crippen molar-refractivity contribution in [1.29, 1.82) is 0 Å². The van der Waals surface area contributed by atoms with E-state index < -0.39 is 0 Å². The van der Waals surface area contributed by atoms with Crippen LogP contribution >= 0.6 is 0 Å². The van der Waals surface area contributed by atoms with E-state index in [1.807, 2.05) is 0 Å². The van der Waals surface area contributed by atoms with Gasteiger partial charge in [0.1, 0.15) is 0 Å². The molecule has 3 atom stereocenters. The van der Waals surface area contributed by atoms with Crippen LogP contribution in [0.3, 0.4) is 0 Å². The molecule has 0 bridgehead atoms. The summed E-state index contributed by atoms with van der Waals surface area (Å²) in [5, 5.41) is 3.45. The highest BCUT2D eigenvalue weighted by Gasteiger charge is 2.50. The zero-order valence-electron chi connectivity index (χ0n) is 32.4. The molecule has 2 aliphatic rings. The monoisotopic (exact) mass is 668 g/mol. The number of ether oxygens (including phenoxy) is 2. The van der Waals surface area contributed by atoms with Gasteiger partial charge in [-0.15, -0.1) is 0 Å². The average Bonchev–Trinajstić information content (AvgIpc) is 3.63. The van der Waals surface area contributed by atoms with Crippen LogP contribution in [0.4, 0.5) is 0 Å². The fourth-order valence-electron chi connectivity index (χ4n) is 7.50. The Hall–Kier alpha value is -1.16. The molecule has 1 aliphatic carbocycles. The van der Waals surface area contributed by atoms with Crippen molar-refractivity contribution >= 4 is 0 Å². The highest BCUT2D eigenvalue weighted by molar-refractivity contribution is 4.96. The molecule has 0 radical (unpaired) electrons. The maximum atomic E-state index is 6.78. The molecule has 48 heavy (non-hydrogen) atoms. The normalized spacial score (nSPS) is 20.9. The van der Waals surface area contributed by atoms with E-state index in [9.17, 15) is 0 Å². The highest BCUT2D eigenvalue weighted by atomic mass is 16.8. The molecular weight excluding hydrogens is 587 g/mol. The van der Waals surface area contributed by atoms with Crippen LogP contribution < -0.4 is 5.32 Å². The first-order chi connectivity index (χ1) is 23.7. The highest BCUT2D eigenvalue weighted by Crippen LogP contribution is 2.43. The molecule has 1 heterocycles. The molecule has 2 rings (SSSR count). The van der Waals surface area contributed by atoms with Crippen LogP contribution in [0.5, 0.6) is 0 Å². The molecule has 0 amide bonds. The lowest BCUT2D eigenvalue weighted by Gasteiger charge is -2.30. The van der Waals surface area contributed by atoms with E-state index in [1.54, 1.807) is 0 Å². The number of allylic oxidation sites excluding steroid dienone is 8. The number of fused-ring (bicyclic) bond motifs is 1. The van der Waals surface area contributed by atoms with E-state index in [1.165, 1.54) is 154 Å². The van der Waals surface area contributed by atoms with Gasteiger partial charge in [-0.25, -0.2) is 0 Å². The molecule has 278 valence electrons. The van der Waals surface area contributed by atoms with E-state index in [2.05, 4.69) is 74.8 Å². The van der Waals surface area contributed by atoms with Gasteiger partial charge in [0.15, 0.2) is 5.79 Å². The molecule has 0 aromatic heterocycles. The summed E-state index contributed by atoms with van der Waals surface area (Å²) in [6.07, 6.45) is 57.9. The fourth-order valence-corrected chi connectivity index (χ4v) is 7.50. The summed E-state index contributed by atoms with van der Waals surface area (Å²) in [6, 6.07) is 0.554. The molecule has 3 heteroatoms. The van der Waals surface area contributed by atoms with Crippen LogP contribution in [-0.4, -0.2) is 31.1 Å². The maximum Gasteiger partial charge on any atom is 0.169 e. The van der Waals surface area contributed by atoms with Crippen LogP contribution in [0.15, 0.2) is 48.6 Å². The minimum absolute atomic E-state index is 0.300. The van der Waals surface area contributed by atoms with Crippen molar-refractivity contribution in [3.05, 3.63) is 48.6 Å². The zero-order chi connectivity index (χ0) is 34.2. The fraction of sp³-hybridized carbons (Fsp3) is 0.822. The second kappa shape index (κ2) is 30.6. The van der Waals surface area contributed by atoms with Crippen molar-refractivity contribution in [3.63, 3.8) is 0 Å². The van der Waals surface area contributed by atoms with E-state index >= 15 is 0 Å². The molecule has 1 saturated heterocycles. The van der Waals surface area contributed by atoms with Gasteiger partial charge >= 0.3 is 0 Å². The summed E-state index contributed by atoms with van der Waals surface area (Å²) < 4.78 is 13.6. The average molecular weight is 668 g/mol. The Balaban J connectivity index is 1.50. The number of hydrogen-bond donors (Lipinski definition) is 1. The summed E-state index contributed by atoms with van der Waals surface area (Å²) in [5.74, 6) is -0.303. The van der Waals surface area contributed by atoms with Gasteiger partial charge in [0.25, 0.3) is 0 Å². The molecule has 0 aromatic rings. The topological polar surface area (TPSA) is 30.5 Å². The Labute approximate surface area is 300 Å². The Morgan fingerprint density at radius 2 is 0.792 bits per heavy atom. The van der Waals surface area contributed by atoms with E-state index in [-0.39, 0.29) is 5.79 Å². The lowest BCUT2D eigenvalue weighted by Crippen LogP contribution is -2.34. The molecule has 1 unspecified atom stereocenters. The first-order valence-electron chi connectivity index (χ1n) is 21.4.